The van der Waals surface area contributed by atoms with Crippen LogP contribution in [0.4, 0.5) is 27.6 Å². The fourth-order valence-electron chi connectivity index (χ4n) is 1.76. The van der Waals surface area contributed by atoms with E-state index in [1.54, 1.807) is 22.6 Å². The quantitative estimate of drug-likeness (QED) is 0.299. The van der Waals surface area contributed by atoms with Crippen molar-refractivity contribution in [3.05, 3.63) is 56.4 Å². The largest absolute Gasteiger partial charge is 0.321 e. The minimum Gasteiger partial charge on any atom is -0.321 e. The summed E-state index contributed by atoms with van der Waals surface area (Å²) in [6.45, 7) is 0. The summed E-state index contributed by atoms with van der Waals surface area (Å²) in [7, 11) is -4.03. The maximum atomic E-state index is 13.6. The molecule has 2 aromatic rings. The molecule has 3 N–H and O–H groups in total. The maximum absolute atomic E-state index is 13.6. The van der Waals surface area contributed by atoms with Gasteiger partial charge in [-0.25, -0.2) is 35.5 Å². The second-order valence-electron chi connectivity index (χ2n) is 4.59. The van der Waals surface area contributed by atoms with E-state index in [1.165, 1.54) is 0 Å². The molecule has 0 radical (unpaired) electrons. The summed E-state index contributed by atoms with van der Waals surface area (Å²) in [5.41, 5.74) is -1.79. The first-order chi connectivity index (χ1) is 11.4. The van der Waals surface area contributed by atoms with Crippen LogP contribution in [0.5, 0.6) is 0 Å². The summed E-state index contributed by atoms with van der Waals surface area (Å²) < 4.78 is 89.0. The van der Waals surface area contributed by atoms with Gasteiger partial charge in [-0.15, -0.1) is 0 Å². The fraction of sp³-hybridized carbons (Fsp3) is 0. The lowest BCUT2D eigenvalue weighted by atomic mass is 10.1. The van der Waals surface area contributed by atoms with Crippen LogP contribution in [-0.4, -0.2) is 14.3 Å². The number of primary sulfonamides is 1. The third-order valence-electron chi connectivity index (χ3n) is 2.95. The second kappa shape index (κ2) is 6.84. The van der Waals surface area contributed by atoms with Crippen molar-refractivity contribution < 1.29 is 35.2 Å². The summed E-state index contributed by atoms with van der Waals surface area (Å²) in [4.78, 5) is 11.6. The monoisotopic (exact) mass is 492 g/mol. The molecule has 0 heterocycles. The Kier molecular flexibility index (Phi) is 5.34. The number of nitrogens with one attached hydrogen (secondary N) is 1. The van der Waals surface area contributed by atoms with Crippen molar-refractivity contribution in [2.24, 2.45) is 5.14 Å². The smallest absolute Gasteiger partial charge is 0.261 e. The maximum Gasteiger partial charge on any atom is 0.261 e. The molecule has 0 unspecified atom stereocenters. The van der Waals surface area contributed by atoms with E-state index in [1.807, 2.05) is 5.32 Å². The van der Waals surface area contributed by atoms with Gasteiger partial charge in [0.1, 0.15) is 5.56 Å². The van der Waals surface area contributed by atoms with E-state index in [2.05, 4.69) is 0 Å². The molecule has 2 aromatic carbocycles. The SMILES string of the molecule is NS(=O)(=O)c1ccc(NC(=O)c2c(F)c(F)c(F)c(F)c2F)c(I)c1. The van der Waals surface area contributed by atoms with E-state index in [9.17, 15) is 35.2 Å². The van der Waals surface area contributed by atoms with E-state index in [0.717, 1.165) is 18.2 Å². The Bertz CT molecular complexity index is 969. The number of carbonyl (C=O) groups excluding carboxylic acids is 1. The Labute approximate surface area is 151 Å². The minimum atomic E-state index is -4.03. The molecule has 1 amide bonds. The van der Waals surface area contributed by atoms with E-state index < -0.39 is 50.6 Å². The molecule has 0 atom stereocenters. The van der Waals surface area contributed by atoms with Gasteiger partial charge in [0.2, 0.25) is 15.8 Å². The third kappa shape index (κ3) is 3.74. The molecule has 0 fully saturated rings. The number of hydrogen-bond acceptors (Lipinski definition) is 3. The first kappa shape index (κ1) is 19.5. The predicted octanol–water partition coefficient (Wildman–Crippen LogP) is 2.89. The number of hydrogen-bond donors (Lipinski definition) is 2. The van der Waals surface area contributed by atoms with Gasteiger partial charge in [0.25, 0.3) is 5.91 Å². The Morgan fingerprint density at radius 2 is 1.44 bits per heavy atom. The zero-order valence-electron chi connectivity index (χ0n) is 11.7. The zero-order valence-corrected chi connectivity index (χ0v) is 14.7. The lowest BCUT2D eigenvalue weighted by Gasteiger charge is -2.11. The van der Waals surface area contributed by atoms with Crippen LogP contribution in [0.1, 0.15) is 10.4 Å². The van der Waals surface area contributed by atoms with Gasteiger partial charge < -0.3 is 5.32 Å². The van der Waals surface area contributed by atoms with Gasteiger partial charge in [0.15, 0.2) is 23.3 Å². The molecule has 0 saturated carbocycles. The van der Waals surface area contributed by atoms with E-state index in [4.69, 9.17) is 5.14 Å². The van der Waals surface area contributed by atoms with Crippen molar-refractivity contribution in [3.8, 4) is 0 Å². The van der Waals surface area contributed by atoms with Crippen LogP contribution >= 0.6 is 22.6 Å². The lowest BCUT2D eigenvalue weighted by molar-refractivity contribution is 0.101. The molecular formula is C13H6F5IN2O3S. The highest BCUT2D eigenvalue weighted by atomic mass is 127. The van der Waals surface area contributed by atoms with Crippen molar-refractivity contribution in [1.29, 1.82) is 0 Å². The predicted molar refractivity (Wildman–Crippen MR) is 84.7 cm³/mol. The molecule has 0 aliphatic rings. The third-order valence-corrected chi connectivity index (χ3v) is 4.76. The zero-order chi connectivity index (χ0) is 19.1. The lowest BCUT2D eigenvalue weighted by Crippen LogP contribution is -2.20. The standard InChI is InChI=1S/C13H6F5IN2O3S/c14-8-7(9(15)11(17)12(18)10(8)16)13(22)21-6-2-1-4(3-5(6)19)25(20,23)24/h1-3H,(H,21,22)(H2,20,23,24). The fourth-order valence-corrected chi connectivity index (χ4v) is 3.16. The van der Waals surface area contributed by atoms with Gasteiger partial charge in [0, 0.05) is 3.57 Å². The molecule has 0 aliphatic heterocycles. The summed E-state index contributed by atoms with van der Waals surface area (Å²) in [5.74, 6) is -13.1. The summed E-state index contributed by atoms with van der Waals surface area (Å²) in [6, 6.07) is 3.08. The average Bonchev–Trinajstić information content (AvgIpc) is 2.52. The van der Waals surface area contributed by atoms with Gasteiger partial charge in [0.05, 0.1) is 10.6 Å². The van der Waals surface area contributed by atoms with Crippen LogP contribution in [0.25, 0.3) is 0 Å². The van der Waals surface area contributed by atoms with E-state index >= 15 is 0 Å². The molecule has 0 bridgehead atoms. The number of sulfonamides is 1. The molecule has 0 aromatic heterocycles. The van der Waals surface area contributed by atoms with Crippen LogP contribution in [0, 0.1) is 32.7 Å². The van der Waals surface area contributed by atoms with Crippen molar-refractivity contribution in [2.75, 3.05) is 5.32 Å². The molecule has 0 saturated heterocycles. The molecule has 0 spiro atoms. The highest BCUT2D eigenvalue weighted by Crippen LogP contribution is 2.26. The van der Waals surface area contributed by atoms with E-state index in [-0.39, 0.29) is 14.2 Å². The van der Waals surface area contributed by atoms with Gasteiger partial charge in [-0.05, 0) is 40.8 Å². The van der Waals surface area contributed by atoms with Crippen molar-refractivity contribution >= 4 is 44.2 Å². The topological polar surface area (TPSA) is 89.3 Å². The molecule has 0 aliphatic carbocycles. The minimum absolute atomic E-state index is 0.0985. The number of amides is 1. The number of halogens is 6. The molecular weight excluding hydrogens is 486 g/mol. The average molecular weight is 492 g/mol. The van der Waals surface area contributed by atoms with Crippen molar-refractivity contribution in [3.63, 3.8) is 0 Å². The van der Waals surface area contributed by atoms with Crippen molar-refractivity contribution in [2.45, 2.75) is 4.90 Å². The Hall–Kier alpha value is -1.80. The van der Waals surface area contributed by atoms with Crippen molar-refractivity contribution in [1.82, 2.24) is 0 Å². The molecule has 12 heteroatoms. The summed E-state index contributed by atoms with van der Waals surface area (Å²) >= 11 is 1.58. The second-order valence-corrected chi connectivity index (χ2v) is 7.31. The van der Waals surface area contributed by atoms with Gasteiger partial charge in [-0.1, -0.05) is 0 Å². The Morgan fingerprint density at radius 1 is 0.960 bits per heavy atom. The van der Waals surface area contributed by atoms with E-state index in [0.29, 0.717) is 0 Å². The number of carbonyl (C=O) groups is 1. The highest BCUT2D eigenvalue weighted by Gasteiger charge is 2.30. The summed E-state index contributed by atoms with van der Waals surface area (Å²) in [5, 5.41) is 6.86. The number of nitrogens with two attached hydrogens (primary N) is 1. The van der Waals surface area contributed by atoms with Gasteiger partial charge >= 0.3 is 0 Å². The van der Waals surface area contributed by atoms with Gasteiger partial charge in [-0.2, -0.15) is 0 Å². The van der Waals surface area contributed by atoms with Crippen LogP contribution in [0.15, 0.2) is 23.1 Å². The Morgan fingerprint density at radius 3 is 1.88 bits per heavy atom. The molecule has 5 nitrogen and oxygen atoms in total. The molecule has 25 heavy (non-hydrogen) atoms. The number of rotatable bonds is 3. The summed E-state index contributed by atoms with van der Waals surface area (Å²) in [6.07, 6.45) is 0. The number of anilines is 1. The van der Waals surface area contributed by atoms with Crippen LogP contribution in [0.3, 0.4) is 0 Å². The first-order valence-electron chi connectivity index (χ1n) is 6.10. The van der Waals surface area contributed by atoms with Gasteiger partial charge in [-0.3, -0.25) is 4.79 Å². The van der Waals surface area contributed by atoms with Crippen LogP contribution in [-0.2, 0) is 10.0 Å². The first-order valence-corrected chi connectivity index (χ1v) is 8.72. The normalized spacial score (nSPS) is 11.5. The number of benzene rings is 2. The van der Waals surface area contributed by atoms with Crippen LogP contribution < -0.4 is 10.5 Å². The highest BCUT2D eigenvalue weighted by molar-refractivity contribution is 14.1. The van der Waals surface area contributed by atoms with Crippen LogP contribution in [0.2, 0.25) is 0 Å². The Balaban J connectivity index is 2.45. The molecule has 2 rings (SSSR count). The molecule has 134 valence electrons.